The van der Waals surface area contributed by atoms with Gasteiger partial charge in [0.1, 0.15) is 12.4 Å². The number of aryl methyl sites for hydroxylation is 1. The van der Waals surface area contributed by atoms with Crippen molar-refractivity contribution in [1.82, 2.24) is 15.1 Å². The Labute approximate surface area is 133 Å². The zero-order valence-corrected chi connectivity index (χ0v) is 13.7. The first-order valence-corrected chi connectivity index (χ1v) is 8.01. The standard InChI is InChI=1S/C17H27N3O2/c1-15-4-3-5-16(14-15)22-13-12-19(2)9-6-17(21)20-10-7-18-8-11-20/h3-5,14,18H,6-13H2,1-2H3. The molecule has 22 heavy (non-hydrogen) atoms. The Morgan fingerprint density at radius 2 is 2.09 bits per heavy atom. The topological polar surface area (TPSA) is 44.8 Å². The quantitative estimate of drug-likeness (QED) is 0.820. The van der Waals surface area contributed by atoms with Crippen molar-refractivity contribution in [2.24, 2.45) is 0 Å². The van der Waals surface area contributed by atoms with Gasteiger partial charge in [0, 0.05) is 45.7 Å². The number of ether oxygens (including phenoxy) is 1. The number of likely N-dealkylation sites (N-methyl/N-ethyl adjacent to an activating group) is 1. The van der Waals surface area contributed by atoms with E-state index >= 15 is 0 Å². The average molecular weight is 305 g/mol. The summed E-state index contributed by atoms with van der Waals surface area (Å²) in [5.74, 6) is 1.17. The van der Waals surface area contributed by atoms with Crippen molar-refractivity contribution in [2.45, 2.75) is 13.3 Å². The van der Waals surface area contributed by atoms with Crippen molar-refractivity contribution in [2.75, 3.05) is 52.9 Å². The van der Waals surface area contributed by atoms with Crippen molar-refractivity contribution >= 4 is 5.91 Å². The van der Waals surface area contributed by atoms with Gasteiger partial charge in [0.05, 0.1) is 0 Å². The third-order valence-electron chi connectivity index (χ3n) is 3.91. The van der Waals surface area contributed by atoms with Gasteiger partial charge in [0.25, 0.3) is 0 Å². The first-order valence-electron chi connectivity index (χ1n) is 8.01. The van der Waals surface area contributed by atoms with Crippen LogP contribution in [0.5, 0.6) is 5.75 Å². The van der Waals surface area contributed by atoms with Crippen LogP contribution in [0.15, 0.2) is 24.3 Å². The third-order valence-corrected chi connectivity index (χ3v) is 3.91. The lowest BCUT2D eigenvalue weighted by Gasteiger charge is -2.28. The van der Waals surface area contributed by atoms with E-state index in [-0.39, 0.29) is 5.91 Å². The number of carbonyl (C=O) groups is 1. The van der Waals surface area contributed by atoms with Gasteiger partial charge in [-0.1, -0.05) is 12.1 Å². The highest BCUT2D eigenvalue weighted by Crippen LogP contribution is 2.12. The summed E-state index contributed by atoms with van der Waals surface area (Å²) in [6.45, 7) is 7.78. The third kappa shape index (κ3) is 5.66. The zero-order valence-electron chi connectivity index (χ0n) is 13.7. The van der Waals surface area contributed by atoms with Gasteiger partial charge < -0.3 is 19.9 Å². The number of nitrogens with zero attached hydrogens (tertiary/aromatic N) is 2. The van der Waals surface area contributed by atoms with Crippen LogP contribution in [0.1, 0.15) is 12.0 Å². The second kappa shape index (κ2) is 8.76. The first-order chi connectivity index (χ1) is 10.6. The Balaban J connectivity index is 1.61. The second-order valence-electron chi connectivity index (χ2n) is 5.85. The monoisotopic (exact) mass is 305 g/mol. The summed E-state index contributed by atoms with van der Waals surface area (Å²) in [4.78, 5) is 16.2. The number of amides is 1. The van der Waals surface area contributed by atoms with Gasteiger partial charge in [-0.15, -0.1) is 0 Å². The molecule has 0 atom stereocenters. The SMILES string of the molecule is Cc1cccc(OCCN(C)CCC(=O)N2CCNCC2)c1. The summed E-state index contributed by atoms with van der Waals surface area (Å²) >= 11 is 0. The Bertz CT molecular complexity index is 473. The fraction of sp³-hybridized carbons (Fsp3) is 0.588. The van der Waals surface area contributed by atoms with Crippen LogP contribution in [0, 0.1) is 6.92 Å². The number of carbonyl (C=O) groups excluding carboxylic acids is 1. The minimum atomic E-state index is 0.257. The van der Waals surface area contributed by atoms with Gasteiger partial charge in [-0.2, -0.15) is 0 Å². The molecule has 1 fully saturated rings. The predicted molar refractivity (Wildman–Crippen MR) is 88.2 cm³/mol. The molecule has 1 aliphatic heterocycles. The lowest BCUT2D eigenvalue weighted by Crippen LogP contribution is -2.47. The van der Waals surface area contributed by atoms with E-state index in [4.69, 9.17) is 4.74 Å². The van der Waals surface area contributed by atoms with Gasteiger partial charge in [-0.25, -0.2) is 0 Å². The molecular weight excluding hydrogens is 278 g/mol. The van der Waals surface area contributed by atoms with Crippen molar-refractivity contribution in [3.8, 4) is 5.75 Å². The van der Waals surface area contributed by atoms with Crippen LogP contribution < -0.4 is 10.1 Å². The van der Waals surface area contributed by atoms with Crippen LogP contribution in [0.3, 0.4) is 0 Å². The molecule has 2 rings (SSSR count). The number of benzene rings is 1. The van der Waals surface area contributed by atoms with Crippen molar-refractivity contribution in [1.29, 1.82) is 0 Å². The minimum absolute atomic E-state index is 0.257. The molecule has 122 valence electrons. The summed E-state index contributed by atoms with van der Waals surface area (Å²) in [6, 6.07) is 8.07. The van der Waals surface area contributed by atoms with Crippen LogP contribution in [-0.2, 0) is 4.79 Å². The highest BCUT2D eigenvalue weighted by Gasteiger charge is 2.16. The van der Waals surface area contributed by atoms with Crippen molar-refractivity contribution in [3.63, 3.8) is 0 Å². The Kier molecular flexibility index (Phi) is 6.68. The van der Waals surface area contributed by atoms with Gasteiger partial charge in [0.2, 0.25) is 5.91 Å². The molecular formula is C17H27N3O2. The predicted octanol–water partition coefficient (Wildman–Crippen LogP) is 1.13. The molecule has 0 unspecified atom stereocenters. The van der Waals surface area contributed by atoms with E-state index in [1.165, 1.54) is 5.56 Å². The summed E-state index contributed by atoms with van der Waals surface area (Å²) in [5, 5.41) is 3.26. The van der Waals surface area contributed by atoms with E-state index in [2.05, 4.69) is 23.2 Å². The summed E-state index contributed by atoms with van der Waals surface area (Å²) in [6.07, 6.45) is 0.584. The Morgan fingerprint density at radius 3 is 2.82 bits per heavy atom. The van der Waals surface area contributed by atoms with E-state index in [1.807, 2.05) is 30.1 Å². The van der Waals surface area contributed by atoms with Crippen molar-refractivity contribution in [3.05, 3.63) is 29.8 Å². The first kappa shape index (κ1) is 16.8. The zero-order chi connectivity index (χ0) is 15.8. The molecule has 5 nitrogen and oxygen atoms in total. The van der Waals surface area contributed by atoms with E-state index in [9.17, 15) is 4.79 Å². The maximum Gasteiger partial charge on any atom is 0.223 e. The molecule has 1 aromatic carbocycles. The summed E-state index contributed by atoms with van der Waals surface area (Å²) in [7, 11) is 2.03. The molecule has 5 heteroatoms. The van der Waals surface area contributed by atoms with E-state index < -0.39 is 0 Å². The fourth-order valence-electron chi connectivity index (χ4n) is 2.50. The number of nitrogens with one attached hydrogen (secondary N) is 1. The molecule has 0 saturated carbocycles. The lowest BCUT2D eigenvalue weighted by molar-refractivity contribution is -0.132. The molecule has 0 spiro atoms. The van der Waals surface area contributed by atoms with E-state index in [0.717, 1.165) is 45.0 Å². The largest absolute Gasteiger partial charge is 0.492 e. The van der Waals surface area contributed by atoms with Gasteiger partial charge in [-0.3, -0.25) is 4.79 Å². The highest BCUT2D eigenvalue weighted by atomic mass is 16.5. The highest BCUT2D eigenvalue weighted by molar-refractivity contribution is 5.76. The number of rotatable bonds is 7. The molecule has 1 amide bonds. The fourth-order valence-corrected chi connectivity index (χ4v) is 2.50. The normalized spacial score (nSPS) is 15.1. The van der Waals surface area contributed by atoms with Crippen LogP contribution in [0.25, 0.3) is 0 Å². The van der Waals surface area contributed by atoms with Gasteiger partial charge in [0.15, 0.2) is 0 Å². The van der Waals surface area contributed by atoms with E-state index in [1.54, 1.807) is 0 Å². The maximum atomic E-state index is 12.1. The van der Waals surface area contributed by atoms with Gasteiger partial charge >= 0.3 is 0 Å². The maximum absolute atomic E-state index is 12.1. The molecule has 1 heterocycles. The second-order valence-corrected chi connectivity index (χ2v) is 5.85. The molecule has 1 N–H and O–H groups in total. The Morgan fingerprint density at radius 1 is 1.32 bits per heavy atom. The molecule has 1 aromatic rings. The van der Waals surface area contributed by atoms with Crippen LogP contribution in [-0.4, -0.2) is 68.6 Å². The molecule has 1 saturated heterocycles. The molecule has 0 aliphatic carbocycles. The summed E-state index contributed by atoms with van der Waals surface area (Å²) in [5.41, 5.74) is 1.20. The smallest absolute Gasteiger partial charge is 0.223 e. The minimum Gasteiger partial charge on any atom is -0.492 e. The molecule has 0 aromatic heterocycles. The van der Waals surface area contributed by atoms with Crippen LogP contribution >= 0.6 is 0 Å². The van der Waals surface area contributed by atoms with Crippen LogP contribution in [0.2, 0.25) is 0 Å². The number of hydrogen-bond acceptors (Lipinski definition) is 4. The molecule has 0 bridgehead atoms. The van der Waals surface area contributed by atoms with Crippen molar-refractivity contribution < 1.29 is 9.53 Å². The average Bonchev–Trinajstić information content (AvgIpc) is 2.53. The lowest BCUT2D eigenvalue weighted by atomic mass is 10.2. The summed E-state index contributed by atoms with van der Waals surface area (Å²) < 4.78 is 5.74. The van der Waals surface area contributed by atoms with Crippen LogP contribution in [0.4, 0.5) is 0 Å². The molecule has 1 aliphatic rings. The number of hydrogen-bond donors (Lipinski definition) is 1. The number of piperazine rings is 1. The van der Waals surface area contributed by atoms with E-state index in [0.29, 0.717) is 13.0 Å². The molecule has 0 radical (unpaired) electrons. The van der Waals surface area contributed by atoms with Gasteiger partial charge in [-0.05, 0) is 31.7 Å². The Hall–Kier alpha value is -1.59.